The van der Waals surface area contributed by atoms with Crippen molar-refractivity contribution in [2.75, 3.05) is 23.8 Å². The number of para-hydroxylation sites is 1. The van der Waals surface area contributed by atoms with E-state index in [-0.39, 0.29) is 11.3 Å². The molecule has 1 aromatic rings. The van der Waals surface area contributed by atoms with Crippen molar-refractivity contribution in [2.24, 2.45) is 5.41 Å². The second kappa shape index (κ2) is 4.19. The number of hydrogen-bond acceptors (Lipinski definition) is 3. The smallest absolute Gasteiger partial charge is 0.232 e. The van der Waals surface area contributed by atoms with E-state index in [2.05, 4.69) is 10.6 Å². The van der Waals surface area contributed by atoms with Crippen molar-refractivity contribution in [2.45, 2.75) is 26.2 Å². The summed E-state index contributed by atoms with van der Waals surface area (Å²) in [5, 5.41) is 6.43. The first-order valence-corrected chi connectivity index (χ1v) is 6.56. The van der Waals surface area contributed by atoms with Crippen molar-refractivity contribution in [3.8, 4) is 5.75 Å². The Labute approximate surface area is 107 Å². The summed E-state index contributed by atoms with van der Waals surface area (Å²) in [7, 11) is 0. The van der Waals surface area contributed by atoms with Gasteiger partial charge in [0.2, 0.25) is 5.91 Å². The minimum atomic E-state index is -0.206. The summed E-state index contributed by atoms with van der Waals surface area (Å²) in [6.07, 6.45) is 3.09. The van der Waals surface area contributed by atoms with Gasteiger partial charge in [-0.15, -0.1) is 0 Å². The van der Waals surface area contributed by atoms with Crippen molar-refractivity contribution in [3.63, 3.8) is 0 Å². The van der Waals surface area contributed by atoms with Crippen LogP contribution < -0.4 is 15.4 Å². The summed E-state index contributed by atoms with van der Waals surface area (Å²) in [6.45, 7) is 3.26. The van der Waals surface area contributed by atoms with E-state index >= 15 is 0 Å². The molecule has 4 nitrogen and oxygen atoms in total. The van der Waals surface area contributed by atoms with E-state index in [9.17, 15) is 4.79 Å². The Morgan fingerprint density at radius 2 is 2.22 bits per heavy atom. The molecule has 4 heteroatoms. The number of benzene rings is 1. The monoisotopic (exact) mass is 246 g/mol. The highest BCUT2D eigenvalue weighted by molar-refractivity contribution is 6.02. The van der Waals surface area contributed by atoms with Gasteiger partial charge in [-0.1, -0.05) is 12.5 Å². The maximum atomic E-state index is 12.3. The Hall–Kier alpha value is -1.71. The van der Waals surface area contributed by atoms with E-state index < -0.39 is 0 Å². The zero-order valence-electron chi connectivity index (χ0n) is 10.6. The second-order valence-corrected chi connectivity index (χ2v) is 5.05. The van der Waals surface area contributed by atoms with Gasteiger partial charge in [0, 0.05) is 6.54 Å². The summed E-state index contributed by atoms with van der Waals surface area (Å²) in [6, 6.07) is 5.82. The third kappa shape index (κ3) is 1.64. The minimum absolute atomic E-state index is 0.132. The van der Waals surface area contributed by atoms with Gasteiger partial charge in [-0.2, -0.15) is 0 Å². The van der Waals surface area contributed by atoms with E-state index in [0.717, 1.165) is 42.9 Å². The third-order valence-electron chi connectivity index (χ3n) is 3.97. The highest BCUT2D eigenvalue weighted by Crippen LogP contribution is 2.46. The van der Waals surface area contributed by atoms with E-state index in [1.54, 1.807) is 0 Å². The second-order valence-electron chi connectivity index (χ2n) is 5.05. The lowest BCUT2D eigenvalue weighted by Crippen LogP contribution is -2.45. The van der Waals surface area contributed by atoms with Gasteiger partial charge in [-0.05, 0) is 31.9 Å². The summed E-state index contributed by atoms with van der Waals surface area (Å²) in [5.74, 6) is 0.874. The fraction of sp³-hybridized carbons (Fsp3) is 0.500. The van der Waals surface area contributed by atoms with Crippen LogP contribution >= 0.6 is 0 Å². The molecule has 2 N–H and O–H groups in total. The van der Waals surface area contributed by atoms with Gasteiger partial charge in [0.1, 0.15) is 11.4 Å². The van der Waals surface area contributed by atoms with Gasteiger partial charge in [0.05, 0.1) is 17.7 Å². The summed E-state index contributed by atoms with van der Waals surface area (Å²) >= 11 is 0. The molecule has 2 aliphatic rings. The zero-order chi connectivity index (χ0) is 12.6. The lowest BCUT2D eigenvalue weighted by Gasteiger charge is -2.38. The van der Waals surface area contributed by atoms with Crippen LogP contribution in [-0.2, 0) is 4.79 Å². The lowest BCUT2D eigenvalue weighted by atomic mass is 9.68. The van der Waals surface area contributed by atoms with Crippen LogP contribution in [0, 0.1) is 5.41 Å². The molecule has 1 heterocycles. The number of fused-ring (bicyclic) bond motifs is 1. The minimum Gasteiger partial charge on any atom is -0.492 e. The molecular weight excluding hydrogens is 228 g/mol. The molecule has 1 fully saturated rings. The number of nitrogens with one attached hydrogen (secondary N) is 2. The normalized spacial score (nSPS) is 20.2. The molecule has 0 unspecified atom stereocenters. The van der Waals surface area contributed by atoms with Crippen LogP contribution in [0.5, 0.6) is 5.75 Å². The van der Waals surface area contributed by atoms with Gasteiger partial charge in [0.15, 0.2) is 0 Å². The molecule has 1 aliphatic heterocycles. The number of ether oxygens (including phenoxy) is 1. The summed E-state index contributed by atoms with van der Waals surface area (Å²) in [5.41, 5.74) is 1.54. The molecule has 0 saturated heterocycles. The molecular formula is C14H18N2O2. The Morgan fingerprint density at radius 3 is 2.89 bits per heavy atom. The van der Waals surface area contributed by atoms with Crippen molar-refractivity contribution in [1.82, 2.24) is 0 Å². The van der Waals surface area contributed by atoms with Crippen LogP contribution in [0.1, 0.15) is 26.2 Å². The van der Waals surface area contributed by atoms with Crippen LogP contribution in [0.4, 0.5) is 11.4 Å². The van der Waals surface area contributed by atoms with E-state index in [1.807, 2.05) is 25.1 Å². The quantitative estimate of drug-likeness (QED) is 0.843. The molecule has 1 aliphatic carbocycles. The first-order chi connectivity index (χ1) is 8.75. The average Bonchev–Trinajstić information content (AvgIpc) is 2.46. The van der Waals surface area contributed by atoms with Crippen LogP contribution in [0.25, 0.3) is 0 Å². The first-order valence-electron chi connectivity index (χ1n) is 6.56. The Morgan fingerprint density at radius 1 is 1.39 bits per heavy atom. The zero-order valence-corrected chi connectivity index (χ0v) is 10.6. The Bertz CT molecular complexity index is 481. The van der Waals surface area contributed by atoms with E-state index in [1.165, 1.54) is 0 Å². The van der Waals surface area contributed by atoms with Crippen LogP contribution in [-0.4, -0.2) is 19.1 Å². The SMILES string of the molecule is CCOc1cccc2c1NC(=O)C1(CCC1)CN2. The van der Waals surface area contributed by atoms with E-state index in [0.29, 0.717) is 6.61 Å². The molecule has 0 radical (unpaired) electrons. The molecule has 18 heavy (non-hydrogen) atoms. The van der Waals surface area contributed by atoms with Crippen molar-refractivity contribution < 1.29 is 9.53 Å². The fourth-order valence-electron chi connectivity index (χ4n) is 2.68. The predicted octanol–water partition coefficient (Wildman–Crippen LogP) is 2.62. The number of carbonyl (C=O) groups is 1. The average molecular weight is 246 g/mol. The van der Waals surface area contributed by atoms with Crippen LogP contribution in [0.15, 0.2) is 18.2 Å². The first kappa shape index (κ1) is 11.4. The molecule has 3 rings (SSSR count). The summed E-state index contributed by atoms with van der Waals surface area (Å²) in [4.78, 5) is 12.3. The molecule has 1 aromatic carbocycles. The molecule has 0 atom stereocenters. The predicted molar refractivity (Wildman–Crippen MR) is 71.0 cm³/mol. The highest BCUT2D eigenvalue weighted by Gasteiger charge is 2.45. The van der Waals surface area contributed by atoms with E-state index in [4.69, 9.17) is 4.74 Å². The van der Waals surface area contributed by atoms with Gasteiger partial charge < -0.3 is 15.4 Å². The standard InChI is InChI=1S/C14H18N2O2/c1-2-18-11-6-3-5-10-12(11)16-13(17)14(9-15-10)7-4-8-14/h3,5-6,15H,2,4,7-9H2,1H3,(H,16,17). The van der Waals surface area contributed by atoms with Gasteiger partial charge >= 0.3 is 0 Å². The number of amides is 1. The number of carbonyl (C=O) groups excluding carboxylic acids is 1. The van der Waals surface area contributed by atoms with Crippen LogP contribution in [0.2, 0.25) is 0 Å². The molecule has 1 amide bonds. The highest BCUT2D eigenvalue weighted by atomic mass is 16.5. The van der Waals surface area contributed by atoms with Gasteiger partial charge in [-0.3, -0.25) is 4.79 Å². The maximum Gasteiger partial charge on any atom is 0.232 e. The number of hydrogen-bond donors (Lipinski definition) is 2. The Balaban J connectivity index is 1.95. The molecule has 96 valence electrons. The largest absolute Gasteiger partial charge is 0.492 e. The number of anilines is 2. The van der Waals surface area contributed by atoms with Crippen molar-refractivity contribution >= 4 is 17.3 Å². The summed E-state index contributed by atoms with van der Waals surface area (Å²) < 4.78 is 5.57. The lowest BCUT2D eigenvalue weighted by molar-refractivity contribution is -0.129. The maximum absolute atomic E-state index is 12.3. The topological polar surface area (TPSA) is 50.4 Å². The third-order valence-corrected chi connectivity index (χ3v) is 3.97. The molecule has 0 aromatic heterocycles. The van der Waals surface area contributed by atoms with Crippen LogP contribution in [0.3, 0.4) is 0 Å². The van der Waals surface area contributed by atoms with Gasteiger partial charge in [0.25, 0.3) is 0 Å². The Kier molecular flexibility index (Phi) is 2.65. The molecule has 1 spiro atoms. The molecule has 0 bridgehead atoms. The van der Waals surface area contributed by atoms with Crippen molar-refractivity contribution in [3.05, 3.63) is 18.2 Å². The fourth-order valence-corrected chi connectivity index (χ4v) is 2.68. The van der Waals surface area contributed by atoms with Gasteiger partial charge in [-0.25, -0.2) is 0 Å². The van der Waals surface area contributed by atoms with Crippen molar-refractivity contribution in [1.29, 1.82) is 0 Å². The number of rotatable bonds is 2. The molecule has 1 saturated carbocycles.